The van der Waals surface area contributed by atoms with Gasteiger partial charge in [0.2, 0.25) is 0 Å². The molecular formula is C22H22O2. The molecule has 0 aromatic heterocycles. The Morgan fingerprint density at radius 2 is 0.917 bits per heavy atom. The van der Waals surface area contributed by atoms with Gasteiger partial charge in [-0.3, -0.25) is 0 Å². The molecule has 0 bridgehead atoms. The van der Waals surface area contributed by atoms with Crippen molar-refractivity contribution in [2.75, 3.05) is 0 Å². The molecule has 0 amide bonds. The summed E-state index contributed by atoms with van der Waals surface area (Å²) < 4.78 is 11.8. The van der Waals surface area contributed by atoms with E-state index < -0.39 is 0 Å². The highest BCUT2D eigenvalue weighted by atomic mass is 16.5. The molecule has 0 atom stereocenters. The van der Waals surface area contributed by atoms with E-state index in [1.54, 1.807) is 0 Å². The lowest BCUT2D eigenvalue weighted by Crippen LogP contribution is -1.99. The Hall–Kier alpha value is -2.74. The van der Waals surface area contributed by atoms with Crippen molar-refractivity contribution in [1.29, 1.82) is 0 Å². The fraction of sp³-hybridized carbons (Fsp3) is 0.182. The zero-order chi connectivity index (χ0) is 16.8. The molecule has 0 aliphatic carbocycles. The van der Waals surface area contributed by atoms with Gasteiger partial charge in [-0.05, 0) is 48.2 Å². The molecule has 0 fully saturated rings. The second-order valence-corrected chi connectivity index (χ2v) is 5.92. The smallest absolute Gasteiger partial charge is 0.122 e. The van der Waals surface area contributed by atoms with Gasteiger partial charge in [-0.25, -0.2) is 0 Å². The molecule has 3 rings (SSSR count). The van der Waals surface area contributed by atoms with Crippen molar-refractivity contribution in [1.82, 2.24) is 0 Å². The van der Waals surface area contributed by atoms with Crippen LogP contribution < -0.4 is 9.47 Å². The third-order valence-electron chi connectivity index (χ3n) is 4.00. The molecule has 0 aliphatic rings. The Morgan fingerprint density at radius 3 is 1.29 bits per heavy atom. The van der Waals surface area contributed by atoms with Gasteiger partial charge in [-0.1, -0.05) is 60.7 Å². The highest BCUT2D eigenvalue weighted by Gasteiger charge is 2.01. The number of aryl methyl sites for hydroxylation is 2. The van der Waals surface area contributed by atoms with Crippen molar-refractivity contribution in [2.24, 2.45) is 0 Å². The summed E-state index contributed by atoms with van der Waals surface area (Å²) >= 11 is 0. The Bertz CT molecular complexity index is 723. The van der Waals surface area contributed by atoms with Crippen molar-refractivity contribution in [2.45, 2.75) is 27.1 Å². The molecule has 24 heavy (non-hydrogen) atoms. The molecule has 122 valence electrons. The van der Waals surface area contributed by atoms with Gasteiger partial charge in [0, 0.05) is 0 Å². The number of hydrogen-bond donors (Lipinski definition) is 0. The van der Waals surface area contributed by atoms with Crippen molar-refractivity contribution < 1.29 is 9.47 Å². The molecule has 2 nitrogen and oxygen atoms in total. The molecule has 3 aromatic carbocycles. The van der Waals surface area contributed by atoms with Crippen LogP contribution in [-0.4, -0.2) is 0 Å². The Balaban J connectivity index is 1.55. The van der Waals surface area contributed by atoms with E-state index in [2.05, 4.69) is 50.2 Å². The molecule has 0 heterocycles. The molecule has 0 N–H and O–H groups in total. The van der Waals surface area contributed by atoms with E-state index in [1.165, 1.54) is 0 Å². The zero-order valence-corrected chi connectivity index (χ0v) is 14.2. The second kappa shape index (κ2) is 7.69. The van der Waals surface area contributed by atoms with Crippen molar-refractivity contribution in [3.05, 3.63) is 95.1 Å². The third kappa shape index (κ3) is 4.17. The summed E-state index contributed by atoms with van der Waals surface area (Å²) in [5, 5.41) is 0. The lowest BCUT2D eigenvalue weighted by Gasteiger charge is -2.11. The van der Waals surface area contributed by atoms with Gasteiger partial charge in [-0.2, -0.15) is 0 Å². The Labute approximate surface area is 143 Å². The summed E-state index contributed by atoms with van der Waals surface area (Å²) in [6.45, 7) is 5.26. The minimum Gasteiger partial charge on any atom is -0.489 e. The Morgan fingerprint density at radius 1 is 0.542 bits per heavy atom. The molecular weight excluding hydrogens is 296 g/mol. The maximum absolute atomic E-state index is 5.88. The van der Waals surface area contributed by atoms with Crippen molar-refractivity contribution >= 4 is 0 Å². The molecule has 0 unspecified atom stereocenters. The van der Waals surface area contributed by atoms with E-state index in [0.29, 0.717) is 13.2 Å². The number of hydrogen-bond acceptors (Lipinski definition) is 2. The molecule has 3 aromatic rings. The van der Waals surface area contributed by atoms with Gasteiger partial charge in [-0.15, -0.1) is 0 Å². The van der Waals surface area contributed by atoms with Crippen LogP contribution in [0.4, 0.5) is 0 Å². The summed E-state index contributed by atoms with van der Waals surface area (Å²) in [5.41, 5.74) is 4.61. The average molecular weight is 318 g/mol. The Kier molecular flexibility index (Phi) is 5.17. The normalized spacial score (nSPS) is 10.4. The standard InChI is InChI=1S/C22H22O2/c1-17-7-3-5-9-21(17)23-15-19-11-13-20(14-12-19)16-24-22-10-6-4-8-18(22)2/h3-14H,15-16H2,1-2H3. The van der Waals surface area contributed by atoms with E-state index in [1.807, 2.05) is 36.4 Å². The largest absolute Gasteiger partial charge is 0.489 e. The average Bonchev–Trinajstić information content (AvgIpc) is 2.61. The molecule has 0 saturated heterocycles. The molecule has 2 heteroatoms. The minimum atomic E-state index is 0.573. The van der Waals surface area contributed by atoms with Gasteiger partial charge in [0.1, 0.15) is 24.7 Å². The SMILES string of the molecule is Cc1ccccc1OCc1ccc(COc2ccccc2C)cc1. The first kappa shape index (κ1) is 16.1. The first-order valence-electron chi connectivity index (χ1n) is 8.17. The van der Waals surface area contributed by atoms with E-state index in [4.69, 9.17) is 9.47 Å². The van der Waals surface area contributed by atoms with Gasteiger partial charge in [0.05, 0.1) is 0 Å². The van der Waals surface area contributed by atoms with Crippen LogP contribution in [0.15, 0.2) is 72.8 Å². The number of benzene rings is 3. The van der Waals surface area contributed by atoms with Gasteiger partial charge >= 0.3 is 0 Å². The van der Waals surface area contributed by atoms with Crippen LogP contribution in [0.3, 0.4) is 0 Å². The van der Waals surface area contributed by atoms with Gasteiger partial charge < -0.3 is 9.47 Å². The number of para-hydroxylation sites is 2. The first-order valence-corrected chi connectivity index (χ1v) is 8.17. The van der Waals surface area contributed by atoms with E-state index in [0.717, 1.165) is 33.8 Å². The quantitative estimate of drug-likeness (QED) is 0.600. The summed E-state index contributed by atoms with van der Waals surface area (Å²) in [6.07, 6.45) is 0. The van der Waals surface area contributed by atoms with Crippen LogP contribution >= 0.6 is 0 Å². The topological polar surface area (TPSA) is 18.5 Å². The van der Waals surface area contributed by atoms with Crippen LogP contribution in [0.1, 0.15) is 22.3 Å². The monoisotopic (exact) mass is 318 g/mol. The highest BCUT2D eigenvalue weighted by molar-refractivity contribution is 5.33. The number of ether oxygens (including phenoxy) is 2. The highest BCUT2D eigenvalue weighted by Crippen LogP contribution is 2.19. The van der Waals surface area contributed by atoms with Crippen LogP contribution in [0.2, 0.25) is 0 Å². The van der Waals surface area contributed by atoms with Gasteiger partial charge in [0.25, 0.3) is 0 Å². The summed E-state index contributed by atoms with van der Waals surface area (Å²) in [5.74, 6) is 1.87. The fourth-order valence-corrected chi connectivity index (χ4v) is 2.49. The predicted molar refractivity (Wildman–Crippen MR) is 97.5 cm³/mol. The lowest BCUT2D eigenvalue weighted by molar-refractivity contribution is 0.300. The van der Waals surface area contributed by atoms with E-state index in [-0.39, 0.29) is 0 Å². The lowest BCUT2D eigenvalue weighted by atomic mass is 10.1. The van der Waals surface area contributed by atoms with Gasteiger partial charge in [0.15, 0.2) is 0 Å². The fourth-order valence-electron chi connectivity index (χ4n) is 2.49. The molecule has 0 saturated carbocycles. The first-order chi connectivity index (χ1) is 11.7. The van der Waals surface area contributed by atoms with E-state index >= 15 is 0 Å². The third-order valence-corrected chi connectivity index (χ3v) is 4.00. The van der Waals surface area contributed by atoms with Crippen molar-refractivity contribution in [3.63, 3.8) is 0 Å². The molecule has 0 radical (unpaired) electrons. The molecule has 0 spiro atoms. The second-order valence-electron chi connectivity index (χ2n) is 5.92. The number of rotatable bonds is 6. The maximum Gasteiger partial charge on any atom is 0.122 e. The van der Waals surface area contributed by atoms with Crippen LogP contribution in [0.25, 0.3) is 0 Å². The molecule has 0 aliphatic heterocycles. The van der Waals surface area contributed by atoms with Crippen molar-refractivity contribution in [3.8, 4) is 11.5 Å². The van der Waals surface area contributed by atoms with Crippen LogP contribution in [0, 0.1) is 13.8 Å². The zero-order valence-electron chi connectivity index (χ0n) is 14.2. The summed E-state index contributed by atoms with van der Waals surface area (Å²) in [6, 6.07) is 24.5. The minimum absolute atomic E-state index is 0.573. The van der Waals surface area contributed by atoms with E-state index in [9.17, 15) is 0 Å². The van der Waals surface area contributed by atoms with Crippen LogP contribution in [-0.2, 0) is 13.2 Å². The maximum atomic E-state index is 5.88. The summed E-state index contributed by atoms with van der Waals surface area (Å²) in [7, 11) is 0. The summed E-state index contributed by atoms with van der Waals surface area (Å²) in [4.78, 5) is 0. The van der Waals surface area contributed by atoms with Crippen LogP contribution in [0.5, 0.6) is 11.5 Å². The predicted octanol–water partition coefficient (Wildman–Crippen LogP) is 5.46.